The first-order valence-electron chi connectivity index (χ1n) is 13.1. The summed E-state index contributed by atoms with van der Waals surface area (Å²) >= 11 is 0. The molecular formula is C29H33FN2O6. The maximum atomic E-state index is 14.2. The number of rotatable bonds is 6. The first-order chi connectivity index (χ1) is 18.1. The van der Waals surface area contributed by atoms with Gasteiger partial charge in [0.1, 0.15) is 5.76 Å². The van der Waals surface area contributed by atoms with Crippen molar-refractivity contribution in [3.05, 3.63) is 58.6 Å². The predicted octanol–water partition coefficient (Wildman–Crippen LogP) is 3.80. The number of aliphatic hydroxyl groups is 2. The molecule has 2 fully saturated rings. The topological polar surface area (TPSA) is 111 Å². The number of ether oxygens (including phenoxy) is 2. The number of hydrogen-bond donors (Lipinski definition) is 4. The van der Waals surface area contributed by atoms with Crippen molar-refractivity contribution in [3.63, 3.8) is 0 Å². The fourth-order valence-corrected chi connectivity index (χ4v) is 6.85. The molecule has 1 saturated heterocycles. The molecule has 2 aliphatic heterocycles. The van der Waals surface area contributed by atoms with Crippen molar-refractivity contribution in [1.29, 1.82) is 0 Å². The van der Waals surface area contributed by atoms with Gasteiger partial charge in [-0.1, -0.05) is 6.07 Å². The molecule has 2 aliphatic carbocycles. The van der Waals surface area contributed by atoms with Crippen LogP contribution in [-0.4, -0.2) is 64.1 Å². The number of benzene rings is 2. The first-order valence-corrected chi connectivity index (χ1v) is 13.1. The summed E-state index contributed by atoms with van der Waals surface area (Å²) in [5.41, 5.74) is -0.495. The third-order valence-electron chi connectivity index (χ3n) is 9.12. The standard InChI is InChI=1S/C29H33FN2O6/c1-15(27(35)31-18-7-9-21(37-3)19(30)13-18)24(34)26-29-10-11-32(14-16-4-5-16)22(28(29,2)36)12-17-6-8-20(33)25(38-26)23(17)29/h6-9,13,16,22,26,33-34,36H,4-5,10-12,14H2,1-3H3,(H,31,35)/b24-15-/t22-,26+,28-,29+/m1/s1. The molecule has 2 aromatic carbocycles. The van der Waals surface area contributed by atoms with Crippen LogP contribution in [0.25, 0.3) is 0 Å². The lowest BCUT2D eigenvalue weighted by Gasteiger charge is -2.59. The van der Waals surface area contributed by atoms with E-state index in [0.29, 0.717) is 30.9 Å². The third-order valence-corrected chi connectivity index (χ3v) is 9.12. The van der Waals surface area contributed by atoms with Gasteiger partial charge in [0.15, 0.2) is 29.2 Å². The Hall–Kier alpha value is -3.30. The van der Waals surface area contributed by atoms with Gasteiger partial charge in [0.2, 0.25) is 0 Å². The van der Waals surface area contributed by atoms with E-state index in [2.05, 4.69) is 10.2 Å². The van der Waals surface area contributed by atoms with Crippen LogP contribution in [0.4, 0.5) is 10.1 Å². The van der Waals surface area contributed by atoms with Crippen molar-refractivity contribution in [2.75, 3.05) is 25.5 Å². The third kappa shape index (κ3) is 3.51. The average molecular weight is 525 g/mol. The summed E-state index contributed by atoms with van der Waals surface area (Å²) in [6.07, 6.45) is 2.41. The van der Waals surface area contributed by atoms with Crippen molar-refractivity contribution in [1.82, 2.24) is 4.90 Å². The van der Waals surface area contributed by atoms with E-state index in [1.807, 2.05) is 6.07 Å². The molecule has 38 heavy (non-hydrogen) atoms. The molecule has 1 amide bonds. The molecule has 6 rings (SSSR count). The number of aliphatic hydroxyl groups excluding tert-OH is 1. The number of nitrogens with one attached hydrogen (secondary N) is 1. The number of carbonyl (C=O) groups is 1. The number of phenolic OH excluding ortho intramolecular Hbond substituents is 1. The van der Waals surface area contributed by atoms with E-state index < -0.39 is 28.8 Å². The molecule has 2 bridgehead atoms. The van der Waals surface area contributed by atoms with Crippen LogP contribution in [0.5, 0.6) is 17.2 Å². The number of anilines is 1. The van der Waals surface area contributed by atoms with Gasteiger partial charge in [0.25, 0.3) is 5.91 Å². The molecule has 1 spiro atoms. The number of amides is 1. The number of phenols is 1. The summed E-state index contributed by atoms with van der Waals surface area (Å²) in [4.78, 5) is 15.5. The fourth-order valence-electron chi connectivity index (χ4n) is 6.85. The molecule has 1 saturated carbocycles. The van der Waals surface area contributed by atoms with Crippen LogP contribution < -0.4 is 14.8 Å². The highest BCUT2D eigenvalue weighted by Gasteiger charge is 2.69. The van der Waals surface area contributed by atoms with Crippen molar-refractivity contribution in [2.24, 2.45) is 5.92 Å². The second-order valence-electron chi connectivity index (χ2n) is 11.3. The summed E-state index contributed by atoms with van der Waals surface area (Å²) in [6.45, 7) is 4.88. The van der Waals surface area contributed by atoms with Gasteiger partial charge in [-0.3, -0.25) is 9.69 Å². The SMILES string of the molecule is COc1ccc(NC(=O)/C(C)=C(\O)[C@@H]2Oc3c(O)ccc4c3[C@@]23CCN(CC2CC2)[C@H](C4)[C@@]3(C)O)cc1F. The summed E-state index contributed by atoms with van der Waals surface area (Å²) < 4.78 is 25.3. The van der Waals surface area contributed by atoms with Gasteiger partial charge in [-0.15, -0.1) is 0 Å². The van der Waals surface area contributed by atoms with E-state index in [9.17, 15) is 24.5 Å². The van der Waals surface area contributed by atoms with Crippen molar-refractivity contribution < 1.29 is 34.0 Å². The van der Waals surface area contributed by atoms with Crippen LogP contribution in [0, 0.1) is 11.7 Å². The molecule has 0 aromatic heterocycles. The largest absolute Gasteiger partial charge is 0.508 e. The van der Waals surface area contributed by atoms with Crippen molar-refractivity contribution >= 4 is 11.6 Å². The van der Waals surface area contributed by atoms with E-state index >= 15 is 0 Å². The fraction of sp³-hybridized carbons (Fsp3) is 0.483. The van der Waals surface area contributed by atoms with Crippen molar-refractivity contribution in [3.8, 4) is 17.2 Å². The number of carbonyl (C=O) groups excluding carboxylic acids is 1. The second kappa shape index (κ2) is 8.61. The molecule has 4 atom stereocenters. The van der Waals surface area contributed by atoms with Crippen LogP contribution in [0.15, 0.2) is 41.7 Å². The zero-order valence-corrected chi connectivity index (χ0v) is 21.8. The molecular weight excluding hydrogens is 491 g/mol. The van der Waals surface area contributed by atoms with Gasteiger partial charge in [0, 0.05) is 29.9 Å². The highest BCUT2D eigenvalue weighted by Crippen LogP contribution is 2.63. The zero-order valence-electron chi connectivity index (χ0n) is 21.8. The minimum absolute atomic E-state index is 0.0206. The Morgan fingerprint density at radius 1 is 1.29 bits per heavy atom. The Kier molecular flexibility index (Phi) is 5.66. The Balaban J connectivity index is 1.39. The van der Waals surface area contributed by atoms with E-state index in [0.717, 1.165) is 18.2 Å². The summed E-state index contributed by atoms with van der Waals surface area (Å²) in [7, 11) is 1.35. The summed E-state index contributed by atoms with van der Waals surface area (Å²) in [6, 6.07) is 7.30. The van der Waals surface area contributed by atoms with Gasteiger partial charge in [-0.25, -0.2) is 4.39 Å². The highest BCUT2D eigenvalue weighted by atomic mass is 19.1. The Labute approximate surface area is 220 Å². The summed E-state index contributed by atoms with van der Waals surface area (Å²) in [5.74, 6) is -0.709. The molecule has 0 radical (unpaired) electrons. The molecule has 9 heteroatoms. The minimum Gasteiger partial charge on any atom is -0.508 e. The highest BCUT2D eigenvalue weighted by molar-refractivity contribution is 6.03. The van der Waals surface area contributed by atoms with E-state index in [1.165, 1.54) is 39.0 Å². The lowest BCUT2D eigenvalue weighted by Crippen LogP contribution is -2.73. The van der Waals surface area contributed by atoms with Gasteiger partial charge in [0.05, 0.1) is 23.7 Å². The molecule has 4 aliphatic rings. The van der Waals surface area contributed by atoms with Gasteiger partial charge in [-0.2, -0.15) is 0 Å². The number of halogens is 1. The van der Waals surface area contributed by atoms with Crippen LogP contribution in [-0.2, 0) is 16.6 Å². The Morgan fingerprint density at radius 2 is 2.05 bits per heavy atom. The quantitative estimate of drug-likeness (QED) is 0.336. The van der Waals surface area contributed by atoms with Crippen LogP contribution in [0.3, 0.4) is 0 Å². The van der Waals surface area contributed by atoms with Crippen molar-refractivity contribution in [2.45, 2.75) is 62.7 Å². The van der Waals surface area contributed by atoms with Gasteiger partial charge in [-0.05, 0) is 75.8 Å². The monoisotopic (exact) mass is 524 g/mol. The summed E-state index contributed by atoms with van der Waals surface area (Å²) in [5, 5.41) is 37.1. The number of methoxy groups -OCH3 is 1. The van der Waals surface area contributed by atoms with Crippen LogP contribution in [0.2, 0.25) is 0 Å². The minimum atomic E-state index is -1.30. The number of nitrogens with zero attached hydrogens (tertiary/aromatic N) is 1. The van der Waals surface area contributed by atoms with Crippen LogP contribution in [0.1, 0.15) is 44.2 Å². The molecule has 0 unspecified atom stereocenters. The maximum Gasteiger partial charge on any atom is 0.254 e. The first kappa shape index (κ1) is 25.0. The zero-order chi connectivity index (χ0) is 27.0. The van der Waals surface area contributed by atoms with E-state index in [-0.39, 0.29) is 40.3 Å². The van der Waals surface area contributed by atoms with Gasteiger partial charge >= 0.3 is 0 Å². The normalized spacial score (nSPS) is 30.2. The molecule has 2 heterocycles. The van der Waals surface area contributed by atoms with E-state index in [1.54, 1.807) is 13.0 Å². The Morgan fingerprint density at radius 3 is 2.74 bits per heavy atom. The Bertz CT molecular complexity index is 1350. The molecule has 202 valence electrons. The smallest absolute Gasteiger partial charge is 0.254 e. The molecule has 8 nitrogen and oxygen atoms in total. The maximum absolute atomic E-state index is 14.2. The number of likely N-dealkylation sites (tertiary alicyclic amines) is 1. The number of fused-ring (bicyclic) bond motifs is 1. The number of aromatic hydroxyl groups is 1. The lowest BCUT2D eigenvalue weighted by atomic mass is 9.53. The number of piperidine rings is 1. The van der Waals surface area contributed by atoms with E-state index in [4.69, 9.17) is 9.47 Å². The second-order valence-corrected chi connectivity index (χ2v) is 11.3. The predicted molar refractivity (Wildman–Crippen MR) is 138 cm³/mol. The molecule has 4 N–H and O–H groups in total. The number of hydrogen-bond acceptors (Lipinski definition) is 7. The van der Waals surface area contributed by atoms with Crippen LogP contribution >= 0.6 is 0 Å². The average Bonchev–Trinajstić information content (AvgIpc) is 3.62. The lowest BCUT2D eigenvalue weighted by molar-refractivity contribution is -0.153. The van der Waals surface area contributed by atoms with Gasteiger partial charge < -0.3 is 30.1 Å². The molecule has 2 aromatic rings.